The van der Waals surface area contributed by atoms with Crippen molar-refractivity contribution < 1.29 is 9.59 Å². The number of imidazole rings is 1. The highest BCUT2D eigenvalue weighted by Gasteiger charge is 2.32. The molecule has 2 amide bonds. The second kappa shape index (κ2) is 6.57. The van der Waals surface area contributed by atoms with Gasteiger partial charge in [0, 0.05) is 42.4 Å². The molecule has 1 aromatic carbocycles. The Morgan fingerprint density at radius 2 is 2.04 bits per heavy atom. The van der Waals surface area contributed by atoms with E-state index in [0.717, 1.165) is 16.7 Å². The number of carbonyl (C=O) groups excluding carboxylic acids is 2. The zero-order valence-corrected chi connectivity index (χ0v) is 15.7. The van der Waals surface area contributed by atoms with Crippen LogP contribution < -0.4 is 5.32 Å². The average molecular weight is 365 g/mol. The number of nitrogens with zero attached hydrogens (tertiary/aromatic N) is 3. The summed E-state index contributed by atoms with van der Waals surface area (Å²) in [5.74, 6) is 0.527. The molecule has 27 heavy (non-hydrogen) atoms. The topological polar surface area (TPSA) is 83.0 Å². The minimum absolute atomic E-state index is 0.0256. The van der Waals surface area contributed by atoms with Crippen LogP contribution >= 0.6 is 0 Å². The van der Waals surface area contributed by atoms with Crippen LogP contribution in [0.3, 0.4) is 0 Å². The summed E-state index contributed by atoms with van der Waals surface area (Å²) in [7, 11) is 0. The fourth-order valence-electron chi connectivity index (χ4n) is 3.62. The molecule has 7 nitrogen and oxygen atoms in total. The van der Waals surface area contributed by atoms with Crippen molar-refractivity contribution in [1.29, 1.82) is 0 Å². The first-order valence-electron chi connectivity index (χ1n) is 9.20. The van der Waals surface area contributed by atoms with Crippen molar-refractivity contribution in [2.24, 2.45) is 0 Å². The Kier molecular flexibility index (Phi) is 4.22. The van der Waals surface area contributed by atoms with Gasteiger partial charge in [-0.3, -0.25) is 9.59 Å². The molecule has 2 N–H and O–H groups in total. The normalized spacial score (nSPS) is 16.6. The Balaban J connectivity index is 1.61. The number of nitrogens with one attached hydrogen (secondary N) is 2. The maximum atomic E-state index is 13.2. The second-order valence-corrected chi connectivity index (χ2v) is 7.23. The van der Waals surface area contributed by atoms with Crippen molar-refractivity contribution in [2.75, 3.05) is 6.54 Å². The van der Waals surface area contributed by atoms with E-state index in [1.807, 2.05) is 54.5 Å². The molecule has 3 aromatic rings. The van der Waals surface area contributed by atoms with Gasteiger partial charge in [0.1, 0.15) is 11.5 Å². The number of para-hydroxylation sites is 1. The van der Waals surface area contributed by atoms with Crippen LogP contribution in [-0.2, 0) is 6.54 Å². The van der Waals surface area contributed by atoms with Crippen molar-refractivity contribution in [2.45, 2.75) is 39.4 Å². The molecular formula is C20H23N5O2. The Hall–Kier alpha value is -3.09. The third kappa shape index (κ3) is 2.99. The molecule has 2 aromatic heterocycles. The third-order valence-electron chi connectivity index (χ3n) is 4.96. The monoisotopic (exact) mass is 365 g/mol. The van der Waals surface area contributed by atoms with Gasteiger partial charge < -0.3 is 19.8 Å². The number of hydrogen-bond acceptors (Lipinski definition) is 3. The van der Waals surface area contributed by atoms with E-state index >= 15 is 0 Å². The number of benzene rings is 1. The summed E-state index contributed by atoms with van der Waals surface area (Å²) in [5.41, 5.74) is 2.00. The molecule has 1 aliphatic rings. The molecule has 0 bridgehead atoms. The third-order valence-corrected chi connectivity index (χ3v) is 4.96. The molecule has 0 spiro atoms. The molecule has 1 unspecified atom stereocenters. The number of aromatic amines is 1. The van der Waals surface area contributed by atoms with Gasteiger partial charge in [0.25, 0.3) is 11.8 Å². The minimum atomic E-state index is -0.208. The lowest BCUT2D eigenvalue weighted by molar-refractivity contribution is 0.0640. The lowest BCUT2D eigenvalue weighted by Gasteiger charge is -2.33. The van der Waals surface area contributed by atoms with Gasteiger partial charge in [-0.25, -0.2) is 4.98 Å². The molecule has 7 heteroatoms. The van der Waals surface area contributed by atoms with Crippen molar-refractivity contribution >= 4 is 22.7 Å². The summed E-state index contributed by atoms with van der Waals surface area (Å²) in [5, 5.41) is 3.78. The fraction of sp³-hybridized carbons (Fsp3) is 0.350. The zero-order chi connectivity index (χ0) is 19.1. The van der Waals surface area contributed by atoms with Crippen LogP contribution in [0.15, 0.2) is 36.7 Å². The van der Waals surface area contributed by atoms with Crippen molar-refractivity contribution in [3.05, 3.63) is 53.7 Å². The summed E-state index contributed by atoms with van der Waals surface area (Å²) in [6, 6.07) is 7.62. The highest BCUT2D eigenvalue weighted by atomic mass is 16.2. The first-order valence-corrected chi connectivity index (χ1v) is 9.20. The molecule has 4 rings (SSSR count). The summed E-state index contributed by atoms with van der Waals surface area (Å²) < 4.78 is 1.97. The van der Waals surface area contributed by atoms with E-state index in [0.29, 0.717) is 24.3 Å². The molecule has 0 saturated heterocycles. The summed E-state index contributed by atoms with van der Waals surface area (Å²) in [6.45, 7) is 6.98. The maximum absolute atomic E-state index is 13.2. The highest BCUT2D eigenvalue weighted by molar-refractivity contribution is 6.06. The second-order valence-electron chi connectivity index (χ2n) is 7.23. The number of hydrogen-bond donors (Lipinski definition) is 2. The van der Waals surface area contributed by atoms with Crippen LogP contribution in [0, 0.1) is 0 Å². The van der Waals surface area contributed by atoms with E-state index in [2.05, 4.69) is 15.3 Å². The number of aromatic nitrogens is 3. The largest absolute Gasteiger partial charge is 0.360 e. The number of rotatable bonds is 3. The van der Waals surface area contributed by atoms with E-state index in [4.69, 9.17) is 0 Å². The lowest BCUT2D eigenvalue weighted by atomic mass is 10.1. The van der Waals surface area contributed by atoms with Crippen molar-refractivity contribution in [3.8, 4) is 0 Å². The quantitative estimate of drug-likeness (QED) is 0.749. The van der Waals surface area contributed by atoms with Gasteiger partial charge >= 0.3 is 0 Å². The van der Waals surface area contributed by atoms with E-state index in [1.54, 1.807) is 12.4 Å². The summed E-state index contributed by atoms with van der Waals surface area (Å²) >= 11 is 0. The van der Waals surface area contributed by atoms with Gasteiger partial charge in [-0.15, -0.1) is 0 Å². The maximum Gasteiger partial charge on any atom is 0.271 e. The van der Waals surface area contributed by atoms with E-state index < -0.39 is 0 Å². The Labute approximate surface area is 157 Å². The molecule has 0 saturated carbocycles. The minimum Gasteiger partial charge on any atom is -0.360 e. The molecule has 0 fully saturated rings. The predicted octanol–water partition coefficient (Wildman–Crippen LogP) is 2.72. The molecule has 1 aliphatic heterocycles. The summed E-state index contributed by atoms with van der Waals surface area (Å²) in [6.07, 6.45) is 3.54. The van der Waals surface area contributed by atoms with Gasteiger partial charge in [-0.2, -0.15) is 0 Å². The van der Waals surface area contributed by atoms with Crippen LogP contribution in [0.4, 0.5) is 0 Å². The van der Waals surface area contributed by atoms with Crippen molar-refractivity contribution in [3.63, 3.8) is 0 Å². The van der Waals surface area contributed by atoms with Crippen LogP contribution in [0.5, 0.6) is 0 Å². The van der Waals surface area contributed by atoms with Gasteiger partial charge in [0.2, 0.25) is 0 Å². The SMILES string of the molecule is CC(C)NC(=O)c1cn2c(n1)C(C)N(C(=O)c1c[nH]c3ccccc13)CC2. The molecular weight excluding hydrogens is 342 g/mol. The van der Waals surface area contributed by atoms with Gasteiger partial charge in [0.05, 0.1) is 11.6 Å². The number of amides is 2. The fourth-order valence-corrected chi connectivity index (χ4v) is 3.62. The highest BCUT2D eigenvalue weighted by Crippen LogP contribution is 2.28. The number of carbonyl (C=O) groups is 2. The van der Waals surface area contributed by atoms with Gasteiger partial charge in [0.15, 0.2) is 0 Å². The Morgan fingerprint density at radius 1 is 1.26 bits per heavy atom. The predicted molar refractivity (Wildman–Crippen MR) is 103 cm³/mol. The molecule has 3 heterocycles. The smallest absolute Gasteiger partial charge is 0.271 e. The van der Waals surface area contributed by atoms with E-state index in [1.165, 1.54) is 0 Å². The standard InChI is InChI=1S/C20H23N5O2/c1-12(2)22-19(26)17-11-24-8-9-25(13(3)18(24)23-17)20(27)15-10-21-16-7-5-4-6-14(15)16/h4-7,10-13,21H,8-9H2,1-3H3,(H,22,26). The zero-order valence-electron chi connectivity index (χ0n) is 15.7. The van der Waals surface area contributed by atoms with Crippen LogP contribution in [0.1, 0.15) is 53.5 Å². The Morgan fingerprint density at radius 3 is 2.81 bits per heavy atom. The molecule has 140 valence electrons. The number of H-pyrrole nitrogens is 1. The number of fused-ring (bicyclic) bond motifs is 2. The lowest BCUT2D eigenvalue weighted by Crippen LogP contribution is -2.41. The van der Waals surface area contributed by atoms with Gasteiger partial charge in [-0.1, -0.05) is 18.2 Å². The average Bonchev–Trinajstić information content (AvgIpc) is 3.26. The van der Waals surface area contributed by atoms with Crippen LogP contribution in [0.2, 0.25) is 0 Å². The van der Waals surface area contributed by atoms with Crippen LogP contribution in [0.25, 0.3) is 10.9 Å². The molecule has 1 atom stereocenters. The Bertz CT molecular complexity index is 1020. The van der Waals surface area contributed by atoms with Gasteiger partial charge in [-0.05, 0) is 26.8 Å². The van der Waals surface area contributed by atoms with Crippen molar-refractivity contribution in [1.82, 2.24) is 24.8 Å². The van der Waals surface area contributed by atoms with E-state index in [-0.39, 0.29) is 23.9 Å². The van der Waals surface area contributed by atoms with E-state index in [9.17, 15) is 9.59 Å². The first kappa shape index (κ1) is 17.3. The molecule has 0 radical (unpaired) electrons. The molecule has 0 aliphatic carbocycles. The van der Waals surface area contributed by atoms with Crippen LogP contribution in [-0.4, -0.2) is 43.8 Å². The first-order chi connectivity index (χ1) is 13.0. The summed E-state index contributed by atoms with van der Waals surface area (Å²) in [4.78, 5) is 34.9.